The number of methoxy groups -OCH3 is 1. The molecule has 2 rings (SSSR count). The summed E-state index contributed by atoms with van der Waals surface area (Å²) in [6, 6.07) is 0. The lowest BCUT2D eigenvalue weighted by atomic mass is 9.82. The Morgan fingerprint density at radius 3 is 2.69 bits per heavy atom. The standard InChI is InChI=1S/C11H17N3O2/c1-7-10(15-2)13-6-14-11(7)16-9-3-8(4-9)5-12/h6,8-9H,3-5,12H2,1-2H3. The normalized spacial score (nSPS) is 23.7. The van der Waals surface area contributed by atoms with Crippen LogP contribution in [0.25, 0.3) is 0 Å². The number of ether oxygens (including phenoxy) is 2. The maximum absolute atomic E-state index is 5.77. The van der Waals surface area contributed by atoms with Crippen molar-refractivity contribution >= 4 is 0 Å². The summed E-state index contributed by atoms with van der Waals surface area (Å²) in [6.07, 6.45) is 3.73. The Hall–Kier alpha value is -1.36. The number of hydrogen-bond acceptors (Lipinski definition) is 5. The van der Waals surface area contributed by atoms with Gasteiger partial charge in [0.2, 0.25) is 11.8 Å². The molecule has 1 heterocycles. The van der Waals surface area contributed by atoms with Crippen molar-refractivity contribution in [3.8, 4) is 11.8 Å². The molecule has 0 atom stereocenters. The Bertz CT molecular complexity index is 364. The summed E-state index contributed by atoms with van der Waals surface area (Å²) in [7, 11) is 1.59. The summed E-state index contributed by atoms with van der Waals surface area (Å²) in [4.78, 5) is 8.12. The highest BCUT2D eigenvalue weighted by Crippen LogP contribution is 2.32. The molecular weight excluding hydrogens is 206 g/mol. The maximum Gasteiger partial charge on any atom is 0.223 e. The van der Waals surface area contributed by atoms with E-state index in [9.17, 15) is 0 Å². The van der Waals surface area contributed by atoms with Crippen LogP contribution in [0.3, 0.4) is 0 Å². The molecule has 1 saturated carbocycles. The summed E-state index contributed by atoms with van der Waals surface area (Å²) in [5.74, 6) is 1.79. The zero-order valence-corrected chi connectivity index (χ0v) is 9.64. The van der Waals surface area contributed by atoms with Gasteiger partial charge in [0.1, 0.15) is 12.4 Å². The average Bonchev–Trinajstić information content (AvgIpc) is 2.25. The fraction of sp³-hybridized carbons (Fsp3) is 0.636. The molecule has 1 aliphatic rings. The highest BCUT2D eigenvalue weighted by Gasteiger charge is 2.30. The van der Waals surface area contributed by atoms with Gasteiger partial charge in [-0.1, -0.05) is 0 Å². The van der Waals surface area contributed by atoms with Crippen molar-refractivity contribution in [1.29, 1.82) is 0 Å². The molecule has 0 radical (unpaired) electrons. The van der Waals surface area contributed by atoms with Gasteiger partial charge in [-0.2, -0.15) is 0 Å². The molecule has 1 aliphatic carbocycles. The number of nitrogens with zero attached hydrogens (tertiary/aromatic N) is 2. The van der Waals surface area contributed by atoms with Crippen LogP contribution in [0.1, 0.15) is 18.4 Å². The number of rotatable bonds is 4. The van der Waals surface area contributed by atoms with Gasteiger partial charge in [0, 0.05) is 0 Å². The SMILES string of the molecule is COc1ncnc(OC2CC(CN)C2)c1C. The van der Waals surface area contributed by atoms with Gasteiger partial charge in [-0.15, -0.1) is 0 Å². The molecule has 0 saturated heterocycles. The molecular formula is C11H17N3O2. The van der Waals surface area contributed by atoms with E-state index in [-0.39, 0.29) is 6.10 Å². The molecule has 0 bridgehead atoms. The maximum atomic E-state index is 5.77. The van der Waals surface area contributed by atoms with Crippen LogP contribution in [-0.2, 0) is 0 Å². The van der Waals surface area contributed by atoms with Crippen LogP contribution in [0, 0.1) is 12.8 Å². The first-order valence-corrected chi connectivity index (χ1v) is 5.47. The van der Waals surface area contributed by atoms with Crippen molar-refractivity contribution in [2.75, 3.05) is 13.7 Å². The molecule has 0 aliphatic heterocycles. The highest BCUT2D eigenvalue weighted by molar-refractivity contribution is 5.32. The topological polar surface area (TPSA) is 70.3 Å². The molecule has 1 fully saturated rings. The van der Waals surface area contributed by atoms with Crippen LogP contribution < -0.4 is 15.2 Å². The molecule has 0 aromatic carbocycles. The van der Waals surface area contributed by atoms with E-state index >= 15 is 0 Å². The second kappa shape index (κ2) is 4.65. The van der Waals surface area contributed by atoms with Crippen molar-refractivity contribution in [3.05, 3.63) is 11.9 Å². The lowest BCUT2D eigenvalue weighted by molar-refractivity contribution is 0.0637. The van der Waals surface area contributed by atoms with E-state index in [2.05, 4.69) is 9.97 Å². The van der Waals surface area contributed by atoms with Gasteiger partial charge in [-0.25, -0.2) is 9.97 Å². The monoisotopic (exact) mass is 223 g/mol. The third-order valence-electron chi connectivity index (χ3n) is 2.99. The molecule has 88 valence electrons. The molecule has 16 heavy (non-hydrogen) atoms. The van der Waals surface area contributed by atoms with Crippen molar-refractivity contribution in [3.63, 3.8) is 0 Å². The molecule has 0 unspecified atom stereocenters. The zero-order chi connectivity index (χ0) is 11.5. The van der Waals surface area contributed by atoms with E-state index in [0.717, 1.165) is 24.9 Å². The van der Waals surface area contributed by atoms with Crippen LogP contribution in [0.2, 0.25) is 0 Å². The smallest absolute Gasteiger partial charge is 0.223 e. The number of aromatic nitrogens is 2. The van der Waals surface area contributed by atoms with Crippen LogP contribution >= 0.6 is 0 Å². The zero-order valence-electron chi connectivity index (χ0n) is 9.64. The van der Waals surface area contributed by atoms with Crippen LogP contribution in [0.15, 0.2) is 6.33 Å². The minimum absolute atomic E-state index is 0.242. The van der Waals surface area contributed by atoms with Crippen molar-refractivity contribution in [1.82, 2.24) is 9.97 Å². The van der Waals surface area contributed by atoms with Gasteiger partial charge in [-0.05, 0) is 32.2 Å². The summed E-state index contributed by atoms with van der Waals surface area (Å²) >= 11 is 0. The third-order valence-corrected chi connectivity index (χ3v) is 2.99. The first kappa shape index (κ1) is 11.1. The fourth-order valence-electron chi connectivity index (χ4n) is 1.86. The van der Waals surface area contributed by atoms with Crippen LogP contribution in [0.4, 0.5) is 0 Å². The van der Waals surface area contributed by atoms with Gasteiger partial charge in [0.25, 0.3) is 0 Å². The van der Waals surface area contributed by atoms with E-state index in [1.165, 1.54) is 6.33 Å². The summed E-state index contributed by atoms with van der Waals surface area (Å²) in [5, 5.41) is 0. The second-order valence-electron chi connectivity index (χ2n) is 4.13. The van der Waals surface area contributed by atoms with Crippen LogP contribution in [0.5, 0.6) is 11.8 Å². The summed E-state index contributed by atoms with van der Waals surface area (Å²) in [5.41, 5.74) is 6.41. The predicted octanol–water partition coefficient (Wildman–Crippen LogP) is 0.910. The Balaban J connectivity index is 2.00. The van der Waals surface area contributed by atoms with Crippen molar-refractivity contribution in [2.45, 2.75) is 25.9 Å². The quantitative estimate of drug-likeness (QED) is 0.821. The Morgan fingerprint density at radius 1 is 1.38 bits per heavy atom. The summed E-state index contributed by atoms with van der Waals surface area (Å²) in [6.45, 7) is 2.64. The van der Waals surface area contributed by atoms with E-state index in [4.69, 9.17) is 15.2 Å². The van der Waals surface area contributed by atoms with Gasteiger partial charge in [0.05, 0.1) is 12.7 Å². The lowest BCUT2D eigenvalue weighted by Gasteiger charge is -2.34. The Labute approximate surface area is 95.0 Å². The predicted molar refractivity (Wildman–Crippen MR) is 59.5 cm³/mol. The molecule has 5 nitrogen and oxygen atoms in total. The molecule has 5 heteroatoms. The van der Waals surface area contributed by atoms with E-state index < -0.39 is 0 Å². The number of hydrogen-bond donors (Lipinski definition) is 1. The van der Waals surface area contributed by atoms with Gasteiger partial charge >= 0.3 is 0 Å². The van der Waals surface area contributed by atoms with Gasteiger partial charge in [0.15, 0.2) is 0 Å². The highest BCUT2D eigenvalue weighted by atomic mass is 16.5. The molecule has 2 N–H and O–H groups in total. The number of nitrogens with two attached hydrogens (primary N) is 1. The van der Waals surface area contributed by atoms with Crippen molar-refractivity contribution in [2.24, 2.45) is 11.7 Å². The van der Waals surface area contributed by atoms with E-state index in [1.54, 1.807) is 7.11 Å². The molecule has 0 amide bonds. The molecule has 1 aromatic rings. The van der Waals surface area contributed by atoms with Gasteiger partial charge < -0.3 is 15.2 Å². The first-order valence-electron chi connectivity index (χ1n) is 5.47. The lowest BCUT2D eigenvalue weighted by Crippen LogP contribution is -2.38. The molecule has 0 spiro atoms. The first-order chi connectivity index (χ1) is 7.74. The second-order valence-corrected chi connectivity index (χ2v) is 4.13. The fourth-order valence-corrected chi connectivity index (χ4v) is 1.86. The summed E-state index contributed by atoms with van der Waals surface area (Å²) < 4.78 is 10.9. The average molecular weight is 223 g/mol. The third kappa shape index (κ3) is 2.09. The van der Waals surface area contributed by atoms with Crippen molar-refractivity contribution < 1.29 is 9.47 Å². The largest absolute Gasteiger partial charge is 0.481 e. The van der Waals surface area contributed by atoms with E-state index in [0.29, 0.717) is 17.7 Å². The Morgan fingerprint density at radius 2 is 2.06 bits per heavy atom. The van der Waals surface area contributed by atoms with Gasteiger partial charge in [-0.3, -0.25) is 0 Å². The minimum Gasteiger partial charge on any atom is -0.481 e. The van der Waals surface area contributed by atoms with Crippen LogP contribution in [-0.4, -0.2) is 29.7 Å². The Kier molecular flexibility index (Phi) is 3.24. The minimum atomic E-state index is 0.242. The van der Waals surface area contributed by atoms with E-state index in [1.807, 2.05) is 6.92 Å². The molecule has 1 aromatic heterocycles.